The summed E-state index contributed by atoms with van der Waals surface area (Å²) < 4.78 is 20.4. The third-order valence-electron chi connectivity index (χ3n) is 3.15. The summed E-state index contributed by atoms with van der Waals surface area (Å²) in [5.41, 5.74) is 6.97. The van der Waals surface area contributed by atoms with Crippen molar-refractivity contribution in [2.45, 2.75) is 26.0 Å². The van der Waals surface area contributed by atoms with Crippen LogP contribution in [0.25, 0.3) is 0 Å². The number of halogens is 2. The molecular weight excluding hydrogens is 299 g/mol. The quantitative estimate of drug-likeness (QED) is 0.911. The molecule has 1 aliphatic rings. The van der Waals surface area contributed by atoms with Crippen molar-refractivity contribution in [3.8, 4) is 0 Å². The highest BCUT2D eigenvalue weighted by Crippen LogP contribution is 2.30. The molecule has 1 atom stereocenters. The van der Waals surface area contributed by atoms with E-state index in [1.165, 1.54) is 0 Å². The molecule has 5 heteroatoms. The average molecular weight is 317 g/mol. The first kappa shape index (κ1) is 13.8. The Morgan fingerprint density at radius 2 is 2.33 bits per heavy atom. The van der Waals surface area contributed by atoms with Crippen molar-refractivity contribution in [1.29, 1.82) is 0 Å². The van der Waals surface area contributed by atoms with Crippen molar-refractivity contribution in [2.24, 2.45) is 5.73 Å². The lowest BCUT2D eigenvalue weighted by atomic mass is 10.1. The predicted molar refractivity (Wildman–Crippen MR) is 74.2 cm³/mol. The van der Waals surface area contributed by atoms with Gasteiger partial charge in [0.05, 0.1) is 16.3 Å². The number of hydrogen-bond donors (Lipinski definition) is 1. The second-order valence-corrected chi connectivity index (χ2v) is 5.35. The summed E-state index contributed by atoms with van der Waals surface area (Å²) in [4.78, 5) is 2.04. The Hall–Kier alpha value is -0.650. The second kappa shape index (κ2) is 5.99. The Labute approximate surface area is 115 Å². The fourth-order valence-electron chi connectivity index (χ4n) is 2.19. The number of ether oxygens (including phenoxy) is 1. The fourth-order valence-corrected chi connectivity index (χ4v) is 2.69. The summed E-state index contributed by atoms with van der Waals surface area (Å²) in [5, 5.41) is 0. The van der Waals surface area contributed by atoms with Gasteiger partial charge in [-0.3, -0.25) is 0 Å². The number of nitrogens with two attached hydrogens (primary N) is 1. The lowest BCUT2D eigenvalue weighted by molar-refractivity contribution is 0.0820. The van der Waals surface area contributed by atoms with Crippen LogP contribution in [0.5, 0.6) is 0 Å². The van der Waals surface area contributed by atoms with E-state index in [9.17, 15) is 4.39 Å². The molecule has 1 fully saturated rings. The highest BCUT2D eigenvalue weighted by Gasteiger charge is 2.20. The van der Waals surface area contributed by atoms with Crippen molar-refractivity contribution >= 4 is 21.6 Å². The molecule has 2 rings (SSSR count). The number of anilines is 1. The summed E-state index contributed by atoms with van der Waals surface area (Å²) in [6.07, 6.45) is 1.04. The van der Waals surface area contributed by atoms with E-state index in [4.69, 9.17) is 10.5 Å². The van der Waals surface area contributed by atoms with Crippen LogP contribution >= 0.6 is 15.9 Å². The Kier molecular flexibility index (Phi) is 4.59. The van der Waals surface area contributed by atoms with Gasteiger partial charge in [0.2, 0.25) is 0 Å². The normalized spacial score (nSPS) is 20.9. The van der Waals surface area contributed by atoms with Crippen LogP contribution in [0.2, 0.25) is 0 Å². The molecule has 3 nitrogen and oxygen atoms in total. The van der Waals surface area contributed by atoms with Crippen molar-refractivity contribution in [2.75, 3.05) is 24.6 Å². The average Bonchev–Trinajstić information content (AvgIpc) is 2.57. The van der Waals surface area contributed by atoms with Gasteiger partial charge < -0.3 is 15.4 Å². The molecular formula is C13H18BrFN2O. The van der Waals surface area contributed by atoms with Crippen LogP contribution in [0.3, 0.4) is 0 Å². The zero-order valence-electron chi connectivity index (χ0n) is 10.5. The number of nitrogens with zero attached hydrogens (tertiary/aromatic N) is 1. The molecule has 1 aromatic rings. The Morgan fingerprint density at radius 1 is 1.56 bits per heavy atom. The van der Waals surface area contributed by atoms with Crippen LogP contribution < -0.4 is 10.6 Å². The molecule has 1 saturated heterocycles. The lowest BCUT2D eigenvalue weighted by Crippen LogP contribution is -2.31. The lowest BCUT2D eigenvalue weighted by Gasteiger charge is -2.25. The zero-order chi connectivity index (χ0) is 13.1. The van der Waals surface area contributed by atoms with Crippen molar-refractivity contribution in [3.05, 3.63) is 28.0 Å². The number of hydrogen-bond acceptors (Lipinski definition) is 3. The van der Waals surface area contributed by atoms with E-state index in [1.54, 1.807) is 6.07 Å². The van der Waals surface area contributed by atoms with Crippen LogP contribution in [0.15, 0.2) is 16.6 Å². The van der Waals surface area contributed by atoms with Crippen molar-refractivity contribution in [1.82, 2.24) is 0 Å². The van der Waals surface area contributed by atoms with Gasteiger partial charge in [-0.2, -0.15) is 0 Å². The fraction of sp³-hybridized carbons (Fsp3) is 0.538. The minimum atomic E-state index is -0.230. The molecule has 1 aromatic carbocycles. The Morgan fingerprint density at radius 3 is 3.06 bits per heavy atom. The van der Waals surface area contributed by atoms with Gasteiger partial charge in [0.25, 0.3) is 0 Å². The van der Waals surface area contributed by atoms with Gasteiger partial charge in [-0.05, 0) is 40.9 Å². The summed E-state index contributed by atoms with van der Waals surface area (Å²) in [6.45, 7) is 4.61. The summed E-state index contributed by atoms with van der Waals surface area (Å²) in [5.74, 6) is -0.230. The maximum atomic E-state index is 14.3. The molecule has 1 unspecified atom stereocenters. The first-order valence-corrected chi connectivity index (χ1v) is 6.96. The monoisotopic (exact) mass is 316 g/mol. The highest BCUT2D eigenvalue weighted by atomic mass is 79.9. The number of benzene rings is 1. The zero-order valence-corrected chi connectivity index (χ0v) is 12.0. The second-order valence-electron chi connectivity index (χ2n) is 4.56. The van der Waals surface area contributed by atoms with Crippen LogP contribution in [-0.2, 0) is 11.3 Å². The molecule has 1 heterocycles. The Bertz CT molecular complexity index is 428. The van der Waals surface area contributed by atoms with E-state index in [0.29, 0.717) is 23.2 Å². The molecule has 2 N–H and O–H groups in total. The molecule has 0 aromatic heterocycles. The van der Waals surface area contributed by atoms with Crippen LogP contribution in [-0.4, -0.2) is 25.8 Å². The molecule has 18 heavy (non-hydrogen) atoms. The molecule has 0 spiro atoms. The van der Waals surface area contributed by atoms with E-state index in [2.05, 4.69) is 15.9 Å². The largest absolute Gasteiger partial charge is 0.377 e. The standard InChI is InChI=1S/C13H18BrFN2O/c1-9-8-17(5-2-6-18-9)11-4-3-10(7-16)12(14)13(11)15/h3-4,9H,2,5-8,16H2,1H3. The highest BCUT2D eigenvalue weighted by molar-refractivity contribution is 9.10. The SMILES string of the molecule is CC1CN(c2ccc(CN)c(Br)c2F)CCCO1. The molecule has 1 aliphatic heterocycles. The smallest absolute Gasteiger partial charge is 0.160 e. The van der Waals surface area contributed by atoms with Gasteiger partial charge in [0.1, 0.15) is 0 Å². The summed E-state index contributed by atoms with van der Waals surface area (Å²) >= 11 is 3.28. The first-order chi connectivity index (χ1) is 8.63. The third kappa shape index (κ3) is 2.84. The third-order valence-corrected chi connectivity index (χ3v) is 4.01. The minimum Gasteiger partial charge on any atom is -0.377 e. The van der Waals surface area contributed by atoms with E-state index < -0.39 is 0 Å². The van der Waals surface area contributed by atoms with Crippen molar-refractivity contribution < 1.29 is 9.13 Å². The van der Waals surface area contributed by atoms with E-state index in [1.807, 2.05) is 17.9 Å². The Balaban J connectivity index is 2.29. The summed E-state index contributed by atoms with van der Waals surface area (Å²) in [7, 11) is 0. The van der Waals surface area contributed by atoms with Crippen LogP contribution in [0.4, 0.5) is 10.1 Å². The molecule has 0 amide bonds. The van der Waals surface area contributed by atoms with Gasteiger partial charge in [0, 0.05) is 26.2 Å². The summed E-state index contributed by atoms with van der Waals surface area (Å²) in [6, 6.07) is 3.68. The van der Waals surface area contributed by atoms with Gasteiger partial charge in [-0.1, -0.05) is 6.07 Å². The maximum Gasteiger partial charge on any atom is 0.160 e. The van der Waals surface area contributed by atoms with Crippen LogP contribution in [0.1, 0.15) is 18.9 Å². The topological polar surface area (TPSA) is 38.5 Å². The van der Waals surface area contributed by atoms with Crippen LogP contribution in [0, 0.1) is 5.82 Å². The van der Waals surface area contributed by atoms with Crippen molar-refractivity contribution in [3.63, 3.8) is 0 Å². The molecule has 0 bridgehead atoms. The molecule has 0 radical (unpaired) electrons. The minimum absolute atomic E-state index is 0.125. The van der Waals surface area contributed by atoms with E-state index in [0.717, 1.165) is 25.1 Å². The van der Waals surface area contributed by atoms with Gasteiger partial charge >= 0.3 is 0 Å². The molecule has 100 valence electrons. The number of rotatable bonds is 2. The maximum absolute atomic E-state index is 14.3. The van der Waals surface area contributed by atoms with E-state index >= 15 is 0 Å². The predicted octanol–water partition coefficient (Wildman–Crippen LogP) is 2.66. The first-order valence-electron chi connectivity index (χ1n) is 6.17. The van der Waals surface area contributed by atoms with E-state index in [-0.39, 0.29) is 11.9 Å². The molecule has 0 saturated carbocycles. The van der Waals surface area contributed by atoms with Gasteiger partial charge in [0.15, 0.2) is 5.82 Å². The van der Waals surface area contributed by atoms with Gasteiger partial charge in [-0.25, -0.2) is 4.39 Å². The van der Waals surface area contributed by atoms with Gasteiger partial charge in [-0.15, -0.1) is 0 Å². The molecule has 0 aliphatic carbocycles.